The molecule has 0 aliphatic heterocycles. The van der Waals surface area contributed by atoms with Crippen molar-refractivity contribution in [1.29, 1.82) is 0 Å². The molecule has 0 fully saturated rings. The molecule has 1 aromatic rings. The summed E-state index contributed by atoms with van der Waals surface area (Å²) in [6, 6.07) is 6.00. The smallest absolute Gasteiger partial charge is 0.211 e. The number of nitrogens with one attached hydrogen (secondary N) is 2. The number of anilines is 1. The largest absolute Gasteiger partial charge is 0.370 e. The molecule has 112 valence electrons. The Balaban J connectivity index is 2.50. The lowest BCUT2D eigenvalue weighted by Gasteiger charge is -2.08. The van der Waals surface area contributed by atoms with Gasteiger partial charge in [-0.15, -0.1) is 0 Å². The van der Waals surface area contributed by atoms with Gasteiger partial charge in [0, 0.05) is 12.2 Å². The van der Waals surface area contributed by atoms with Gasteiger partial charge in [0.25, 0.3) is 0 Å². The van der Waals surface area contributed by atoms with Crippen LogP contribution >= 0.6 is 0 Å². The first-order valence-electron chi connectivity index (χ1n) is 6.45. The Kier molecular flexibility index (Phi) is 5.97. The minimum Gasteiger partial charge on any atom is -0.370 e. The van der Waals surface area contributed by atoms with Crippen molar-refractivity contribution in [3.05, 3.63) is 29.3 Å². The van der Waals surface area contributed by atoms with Crippen LogP contribution in [0.4, 0.5) is 5.69 Å². The van der Waals surface area contributed by atoms with Gasteiger partial charge in [0.05, 0.1) is 12.3 Å². The zero-order chi connectivity index (χ0) is 15.2. The summed E-state index contributed by atoms with van der Waals surface area (Å²) in [7, 11) is -3.17. The maximum atomic E-state index is 11.2. The third kappa shape index (κ3) is 6.03. The van der Waals surface area contributed by atoms with E-state index in [1.807, 2.05) is 26.0 Å². The van der Waals surface area contributed by atoms with Gasteiger partial charge in [0.1, 0.15) is 0 Å². The molecule has 0 aliphatic carbocycles. The van der Waals surface area contributed by atoms with Crippen LogP contribution in [0.15, 0.2) is 23.2 Å². The number of hydrogen-bond donors (Lipinski definition) is 3. The van der Waals surface area contributed by atoms with Gasteiger partial charge >= 0.3 is 0 Å². The van der Waals surface area contributed by atoms with Crippen molar-refractivity contribution < 1.29 is 8.42 Å². The molecule has 0 bridgehead atoms. The van der Waals surface area contributed by atoms with Gasteiger partial charge in [-0.25, -0.2) is 13.1 Å². The zero-order valence-corrected chi connectivity index (χ0v) is 12.9. The molecule has 1 rings (SSSR count). The van der Waals surface area contributed by atoms with E-state index in [4.69, 9.17) is 5.73 Å². The van der Waals surface area contributed by atoms with Crippen LogP contribution in [0, 0.1) is 13.8 Å². The van der Waals surface area contributed by atoms with Gasteiger partial charge in [-0.05, 0) is 44.0 Å². The highest BCUT2D eigenvalue weighted by atomic mass is 32.2. The first kappa shape index (κ1) is 16.5. The molecule has 20 heavy (non-hydrogen) atoms. The third-order valence-electron chi connectivity index (χ3n) is 2.59. The fourth-order valence-electron chi connectivity index (χ4n) is 1.71. The molecule has 0 radical (unpaired) electrons. The highest BCUT2D eigenvalue weighted by Gasteiger charge is 2.04. The van der Waals surface area contributed by atoms with Crippen LogP contribution in [-0.4, -0.2) is 33.2 Å². The number of guanidine groups is 1. The lowest BCUT2D eigenvalue weighted by Crippen LogP contribution is -2.29. The molecule has 0 heterocycles. The molecular weight excluding hydrogens is 276 g/mol. The van der Waals surface area contributed by atoms with Crippen LogP contribution in [0.2, 0.25) is 0 Å². The summed E-state index contributed by atoms with van der Waals surface area (Å²) in [6.45, 7) is 6.13. The predicted octanol–water partition coefficient (Wildman–Crippen LogP) is 0.969. The lowest BCUT2D eigenvalue weighted by atomic mass is 10.1. The van der Waals surface area contributed by atoms with E-state index in [0.29, 0.717) is 6.54 Å². The average molecular weight is 298 g/mol. The van der Waals surface area contributed by atoms with E-state index < -0.39 is 10.0 Å². The Morgan fingerprint density at radius 2 is 1.85 bits per heavy atom. The monoisotopic (exact) mass is 298 g/mol. The van der Waals surface area contributed by atoms with Crippen LogP contribution in [0.25, 0.3) is 0 Å². The van der Waals surface area contributed by atoms with Crippen molar-refractivity contribution >= 4 is 21.7 Å². The van der Waals surface area contributed by atoms with E-state index in [2.05, 4.69) is 21.1 Å². The standard InChI is InChI=1S/C13H22N4O2S/c1-4-20(18,19)16-6-5-15-13(14)17-12-8-10(2)7-11(3)9-12/h7-9,16H,4-6H2,1-3H3,(H3,14,15,17). The second kappa shape index (κ2) is 7.25. The van der Waals surface area contributed by atoms with Crippen LogP contribution in [-0.2, 0) is 10.0 Å². The molecular formula is C13H22N4O2S. The average Bonchev–Trinajstić information content (AvgIpc) is 2.33. The van der Waals surface area contributed by atoms with Crippen LogP contribution < -0.4 is 15.8 Å². The summed E-state index contributed by atoms with van der Waals surface area (Å²) in [6.07, 6.45) is 0. The number of benzene rings is 1. The van der Waals surface area contributed by atoms with Gasteiger partial charge in [-0.2, -0.15) is 0 Å². The van der Waals surface area contributed by atoms with Crippen molar-refractivity contribution in [2.24, 2.45) is 10.7 Å². The van der Waals surface area contributed by atoms with Crippen molar-refractivity contribution in [1.82, 2.24) is 4.72 Å². The summed E-state index contributed by atoms with van der Waals surface area (Å²) in [4.78, 5) is 4.07. The fraction of sp³-hybridized carbons (Fsp3) is 0.462. The molecule has 4 N–H and O–H groups in total. The second-order valence-electron chi connectivity index (χ2n) is 4.57. The number of sulfonamides is 1. The van der Waals surface area contributed by atoms with Crippen molar-refractivity contribution in [2.75, 3.05) is 24.2 Å². The Morgan fingerprint density at radius 1 is 1.25 bits per heavy atom. The minimum absolute atomic E-state index is 0.0625. The van der Waals surface area contributed by atoms with Crippen molar-refractivity contribution in [3.8, 4) is 0 Å². The number of nitrogens with zero attached hydrogens (tertiary/aromatic N) is 1. The van der Waals surface area contributed by atoms with Gasteiger partial charge < -0.3 is 11.1 Å². The Labute approximate surface area is 120 Å². The SMILES string of the molecule is CCS(=O)(=O)NCCN=C(N)Nc1cc(C)cc(C)c1. The van der Waals surface area contributed by atoms with Crippen LogP contribution in [0.3, 0.4) is 0 Å². The normalized spacial score (nSPS) is 12.4. The quantitative estimate of drug-likeness (QED) is 0.414. The number of aliphatic imine (C=N–C) groups is 1. The van der Waals surface area contributed by atoms with Crippen molar-refractivity contribution in [3.63, 3.8) is 0 Å². The Bertz CT molecular complexity index is 562. The summed E-state index contributed by atoms with van der Waals surface area (Å²) >= 11 is 0. The first-order valence-corrected chi connectivity index (χ1v) is 8.10. The summed E-state index contributed by atoms with van der Waals surface area (Å²) in [5.74, 6) is 0.332. The number of nitrogens with two attached hydrogens (primary N) is 1. The molecule has 0 saturated heterocycles. The molecule has 0 saturated carbocycles. The maximum Gasteiger partial charge on any atom is 0.211 e. The minimum atomic E-state index is -3.17. The van der Waals surface area contributed by atoms with Gasteiger partial charge in [0.15, 0.2) is 5.96 Å². The lowest BCUT2D eigenvalue weighted by molar-refractivity contribution is 0.583. The maximum absolute atomic E-state index is 11.2. The molecule has 6 nitrogen and oxygen atoms in total. The van der Waals surface area contributed by atoms with Crippen LogP contribution in [0.1, 0.15) is 18.1 Å². The molecule has 0 unspecified atom stereocenters. The summed E-state index contributed by atoms with van der Waals surface area (Å²) < 4.78 is 24.8. The van der Waals surface area contributed by atoms with E-state index in [0.717, 1.165) is 16.8 Å². The van der Waals surface area contributed by atoms with E-state index in [9.17, 15) is 8.42 Å². The molecule has 1 aromatic carbocycles. The Morgan fingerprint density at radius 3 is 2.40 bits per heavy atom. The number of aryl methyl sites for hydroxylation is 2. The van der Waals surface area contributed by atoms with E-state index >= 15 is 0 Å². The number of hydrogen-bond acceptors (Lipinski definition) is 3. The van der Waals surface area contributed by atoms with Gasteiger partial charge in [-0.3, -0.25) is 4.99 Å². The zero-order valence-electron chi connectivity index (χ0n) is 12.1. The molecule has 7 heteroatoms. The molecule has 0 aromatic heterocycles. The third-order valence-corrected chi connectivity index (χ3v) is 3.99. The summed E-state index contributed by atoms with van der Waals surface area (Å²) in [5.41, 5.74) is 8.89. The summed E-state index contributed by atoms with van der Waals surface area (Å²) in [5, 5.41) is 2.99. The van der Waals surface area contributed by atoms with E-state index in [1.54, 1.807) is 6.92 Å². The molecule has 0 atom stereocenters. The topological polar surface area (TPSA) is 96.6 Å². The van der Waals surface area contributed by atoms with Gasteiger partial charge in [0.2, 0.25) is 10.0 Å². The number of rotatable bonds is 6. The van der Waals surface area contributed by atoms with Crippen molar-refractivity contribution in [2.45, 2.75) is 20.8 Å². The second-order valence-corrected chi connectivity index (χ2v) is 6.66. The molecule has 0 aliphatic rings. The molecule has 0 spiro atoms. The van der Waals surface area contributed by atoms with E-state index in [1.165, 1.54) is 0 Å². The van der Waals surface area contributed by atoms with E-state index in [-0.39, 0.29) is 18.3 Å². The first-order chi connectivity index (χ1) is 9.32. The highest BCUT2D eigenvalue weighted by Crippen LogP contribution is 2.13. The predicted molar refractivity (Wildman–Crippen MR) is 83.5 cm³/mol. The fourth-order valence-corrected chi connectivity index (χ4v) is 2.32. The highest BCUT2D eigenvalue weighted by molar-refractivity contribution is 7.89. The van der Waals surface area contributed by atoms with Gasteiger partial charge in [-0.1, -0.05) is 6.07 Å². The molecule has 0 amide bonds. The Hall–Kier alpha value is -1.60. The van der Waals surface area contributed by atoms with Crippen LogP contribution in [0.5, 0.6) is 0 Å².